The standard InChI is InChI=1S/C17H29N5O/c1-4-18-16(19-8-5-10-22-11-6-9-20-22)21-14-13-7-12-23-15(13)17(14,2)3/h6,9,11,13-15H,4-5,7-8,10,12H2,1-3H3,(H2,18,19,21). The zero-order valence-electron chi connectivity index (χ0n) is 14.5. The van der Waals surface area contributed by atoms with Crippen LogP contribution in [0.15, 0.2) is 23.5 Å². The Bertz CT molecular complexity index is 525. The molecule has 0 amide bonds. The average molecular weight is 319 g/mol. The molecule has 1 aromatic rings. The number of rotatable bonds is 6. The van der Waals surface area contributed by atoms with Gasteiger partial charge in [-0.1, -0.05) is 13.8 Å². The van der Waals surface area contributed by atoms with E-state index in [0.29, 0.717) is 18.1 Å². The predicted molar refractivity (Wildman–Crippen MR) is 91.4 cm³/mol. The van der Waals surface area contributed by atoms with Crippen LogP contribution in [0.2, 0.25) is 0 Å². The zero-order chi connectivity index (χ0) is 16.3. The molecule has 1 aromatic heterocycles. The molecule has 2 heterocycles. The molecule has 6 nitrogen and oxygen atoms in total. The van der Waals surface area contributed by atoms with Crippen molar-refractivity contribution in [1.82, 2.24) is 20.4 Å². The van der Waals surface area contributed by atoms with Gasteiger partial charge in [-0.15, -0.1) is 0 Å². The molecule has 1 saturated carbocycles. The fourth-order valence-corrected chi connectivity index (χ4v) is 3.94. The van der Waals surface area contributed by atoms with E-state index in [4.69, 9.17) is 9.73 Å². The van der Waals surface area contributed by atoms with Gasteiger partial charge in [0.05, 0.1) is 6.10 Å². The predicted octanol–water partition coefficient (Wildman–Crippen LogP) is 1.64. The molecule has 0 aromatic carbocycles. The van der Waals surface area contributed by atoms with Gasteiger partial charge in [0.1, 0.15) is 0 Å². The monoisotopic (exact) mass is 319 g/mol. The van der Waals surface area contributed by atoms with Gasteiger partial charge >= 0.3 is 0 Å². The van der Waals surface area contributed by atoms with Crippen LogP contribution in [-0.4, -0.2) is 47.6 Å². The summed E-state index contributed by atoms with van der Waals surface area (Å²) in [7, 11) is 0. The molecule has 1 saturated heterocycles. The number of aryl methyl sites for hydroxylation is 1. The van der Waals surface area contributed by atoms with Gasteiger partial charge in [0.2, 0.25) is 0 Å². The Morgan fingerprint density at radius 2 is 2.35 bits per heavy atom. The maximum atomic E-state index is 5.87. The minimum atomic E-state index is 0.173. The molecule has 23 heavy (non-hydrogen) atoms. The van der Waals surface area contributed by atoms with Gasteiger partial charge in [-0.3, -0.25) is 9.67 Å². The number of guanidine groups is 1. The van der Waals surface area contributed by atoms with Crippen molar-refractivity contribution < 1.29 is 4.74 Å². The van der Waals surface area contributed by atoms with Gasteiger partial charge < -0.3 is 15.4 Å². The third-order valence-corrected chi connectivity index (χ3v) is 5.11. The lowest BCUT2D eigenvalue weighted by molar-refractivity contribution is -0.106. The molecule has 0 spiro atoms. The normalized spacial score (nSPS) is 29.0. The lowest BCUT2D eigenvalue weighted by atomic mass is 9.57. The van der Waals surface area contributed by atoms with E-state index in [0.717, 1.165) is 45.0 Å². The molecule has 1 aliphatic heterocycles. The molecular weight excluding hydrogens is 290 g/mol. The second-order valence-electron chi connectivity index (χ2n) is 7.07. The summed E-state index contributed by atoms with van der Waals surface area (Å²) in [6.07, 6.45) is 6.35. The summed E-state index contributed by atoms with van der Waals surface area (Å²) >= 11 is 0. The van der Waals surface area contributed by atoms with Crippen LogP contribution in [0, 0.1) is 11.3 Å². The molecule has 0 radical (unpaired) electrons. The van der Waals surface area contributed by atoms with Crippen molar-refractivity contribution in [2.45, 2.75) is 52.3 Å². The first-order valence-corrected chi connectivity index (χ1v) is 8.77. The molecule has 2 N–H and O–H groups in total. The van der Waals surface area contributed by atoms with E-state index < -0.39 is 0 Å². The Balaban J connectivity index is 1.52. The lowest BCUT2D eigenvalue weighted by Gasteiger charge is -2.54. The lowest BCUT2D eigenvalue weighted by Crippen LogP contribution is -2.67. The van der Waals surface area contributed by atoms with Crippen molar-refractivity contribution in [3.8, 4) is 0 Å². The number of hydrogen-bond donors (Lipinski definition) is 2. The first kappa shape index (κ1) is 16.3. The Kier molecular flexibility index (Phi) is 4.90. The number of ether oxygens (including phenoxy) is 1. The smallest absolute Gasteiger partial charge is 0.191 e. The summed E-state index contributed by atoms with van der Waals surface area (Å²) in [4.78, 5) is 4.73. The average Bonchev–Trinajstić information content (AvgIpc) is 3.18. The molecular formula is C17H29N5O. The van der Waals surface area contributed by atoms with E-state index in [1.54, 1.807) is 0 Å². The highest BCUT2D eigenvalue weighted by Gasteiger charge is 2.59. The molecule has 0 bridgehead atoms. The van der Waals surface area contributed by atoms with E-state index in [9.17, 15) is 0 Å². The summed E-state index contributed by atoms with van der Waals surface area (Å²) < 4.78 is 7.82. The Labute approximate surface area is 138 Å². The van der Waals surface area contributed by atoms with Gasteiger partial charge in [0.15, 0.2) is 5.96 Å². The number of aromatic nitrogens is 2. The zero-order valence-corrected chi connectivity index (χ0v) is 14.5. The summed E-state index contributed by atoms with van der Waals surface area (Å²) in [6, 6.07) is 2.40. The van der Waals surface area contributed by atoms with Gasteiger partial charge in [-0.25, -0.2) is 0 Å². The van der Waals surface area contributed by atoms with Crippen molar-refractivity contribution in [3.05, 3.63) is 18.5 Å². The van der Waals surface area contributed by atoms with Crippen molar-refractivity contribution >= 4 is 5.96 Å². The number of hydrogen-bond acceptors (Lipinski definition) is 3. The highest BCUT2D eigenvalue weighted by atomic mass is 16.5. The molecule has 3 unspecified atom stereocenters. The highest BCUT2D eigenvalue weighted by Crippen LogP contribution is 2.52. The SMILES string of the molecule is CCNC(=NCCCn1cccn1)NC1C2CCOC2C1(C)C. The largest absolute Gasteiger partial charge is 0.377 e. The Morgan fingerprint density at radius 3 is 3.09 bits per heavy atom. The topological polar surface area (TPSA) is 63.5 Å². The third-order valence-electron chi connectivity index (χ3n) is 5.11. The Morgan fingerprint density at radius 1 is 1.48 bits per heavy atom. The second-order valence-corrected chi connectivity index (χ2v) is 7.07. The van der Waals surface area contributed by atoms with Crippen molar-refractivity contribution in [1.29, 1.82) is 0 Å². The molecule has 3 rings (SSSR count). The maximum Gasteiger partial charge on any atom is 0.191 e. The van der Waals surface area contributed by atoms with Crippen LogP contribution in [0.25, 0.3) is 0 Å². The van der Waals surface area contributed by atoms with Gasteiger partial charge in [0.25, 0.3) is 0 Å². The van der Waals surface area contributed by atoms with Crippen LogP contribution in [0.5, 0.6) is 0 Å². The van der Waals surface area contributed by atoms with Crippen molar-refractivity contribution in [2.24, 2.45) is 16.3 Å². The van der Waals surface area contributed by atoms with E-state index >= 15 is 0 Å². The van der Waals surface area contributed by atoms with E-state index in [1.165, 1.54) is 0 Å². The fraction of sp³-hybridized carbons (Fsp3) is 0.765. The van der Waals surface area contributed by atoms with E-state index in [-0.39, 0.29) is 5.41 Å². The van der Waals surface area contributed by atoms with Crippen LogP contribution in [0.1, 0.15) is 33.6 Å². The minimum Gasteiger partial charge on any atom is -0.377 e. The van der Waals surface area contributed by atoms with E-state index in [2.05, 4.69) is 36.5 Å². The summed E-state index contributed by atoms with van der Waals surface area (Å²) in [6.45, 7) is 10.2. The van der Waals surface area contributed by atoms with Crippen molar-refractivity contribution in [2.75, 3.05) is 19.7 Å². The van der Waals surface area contributed by atoms with Crippen LogP contribution < -0.4 is 10.6 Å². The number of aliphatic imine (C=N–C) groups is 1. The first-order chi connectivity index (χ1) is 11.1. The van der Waals surface area contributed by atoms with Gasteiger partial charge in [-0.2, -0.15) is 5.10 Å². The summed E-state index contributed by atoms with van der Waals surface area (Å²) in [5, 5.41) is 11.2. The molecule has 2 fully saturated rings. The fourth-order valence-electron chi connectivity index (χ4n) is 3.94. The number of nitrogens with zero attached hydrogens (tertiary/aromatic N) is 3. The highest BCUT2D eigenvalue weighted by molar-refractivity contribution is 5.80. The Hall–Kier alpha value is -1.56. The van der Waals surface area contributed by atoms with Gasteiger partial charge in [0, 0.05) is 56.0 Å². The molecule has 3 atom stereocenters. The summed E-state index contributed by atoms with van der Waals surface area (Å²) in [5.41, 5.74) is 0.173. The number of fused-ring (bicyclic) bond motifs is 1. The quantitative estimate of drug-likeness (QED) is 0.475. The molecule has 2 aliphatic rings. The first-order valence-electron chi connectivity index (χ1n) is 8.77. The summed E-state index contributed by atoms with van der Waals surface area (Å²) in [5.74, 6) is 1.55. The number of nitrogens with one attached hydrogen (secondary N) is 2. The van der Waals surface area contributed by atoms with Crippen LogP contribution in [0.4, 0.5) is 0 Å². The van der Waals surface area contributed by atoms with Crippen LogP contribution in [-0.2, 0) is 11.3 Å². The molecule has 6 heteroatoms. The van der Waals surface area contributed by atoms with Crippen LogP contribution >= 0.6 is 0 Å². The van der Waals surface area contributed by atoms with Gasteiger partial charge in [-0.05, 0) is 25.8 Å². The van der Waals surface area contributed by atoms with Crippen LogP contribution in [0.3, 0.4) is 0 Å². The molecule has 1 aliphatic carbocycles. The second kappa shape index (κ2) is 6.91. The molecule has 128 valence electrons. The minimum absolute atomic E-state index is 0.173. The third kappa shape index (κ3) is 3.37. The van der Waals surface area contributed by atoms with Crippen molar-refractivity contribution in [3.63, 3.8) is 0 Å². The van der Waals surface area contributed by atoms with E-state index in [1.807, 2.05) is 23.1 Å². The maximum absolute atomic E-state index is 5.87.